The molecule has 0 aliphatic heterocycles. The number of nitrogens with zero attached hydrogens (tertiary/aromatic N) is 1. The highest BCUT2D eigenvalue weighted by Gasteiger charge is 2.27. The lowest BCUT2D eigenvalue weighted by molar-refractivity contribution is -0.110. The molecule has 1 aromatic heterocycles. The Balaban J connectivity index is 2.45. The molecule has 0 fully saturated rings. The molecule has 1 unspecified atom stereocenters. The molecule has 1 aromatic rings. The van der Waals surface area contributed by atoms with E-state index in [1.807, 2.05) is 12.1 Å². The average molecular weight is 175 g/mol. The topological polar surface area (TPSA) is 47.0 Å². The van der Waals surface area contributed by atoms with Crippen LogP contribution in [0.2, 0.25) is 0 Å². The molecule has 3 nitrogen and oxygen atoms in total. The molecule has 1 heterocycles. The molecular weight excluding hydrogens is 166 g/mol. The van der Waals surface area contributed by atoms with Gasteiger partial charge in [0.15, 0.2) is 5.78 Å². The van der Waals surface area contributed by atoms with Gasteiger partial charge in [-0.1, -0.05) is 6.07 Å². The summed E-state index contributed by atoms with van der Waals surface area (Å²) < 4.78 is 0. The molecule has 0 amide bonds. The van der Waals surface area contributed by atoms with Crippen LogP contribution in [-0.2, 0) is 11.2 Å². The van der Waals surface area contributed by atoms with Crippen LogP contribution in [-0.4, -0.2) is 17.1 Å². The van der Waals surface area contributed by atoms with Crippen LogP contribution in [0.3, 0.4) is 0 Å². The molecule has 0 radical (unpaired) electrons. The molecule has 1 aliphatic carbocycles. The predicted octanol–water partition coefficient (Wildman–Crippen LogP) is 1.03. The summed E-state index contributed by atoms with van der Waals surface area (Å²) in [6, 6.07) is 3.70. The Kier molecular flexibility index (Phi) is 1.93. The van der Waals surface area contributed by atoms with Crippen molar-refractivity contribution in [3.63, 3.8) is 0 Å². The van der Waals surface area contributed by atoms with E-state index in [0.29, 0.717) is 12.1 Å². The van der Waals surface area contributed by atoms with Gasteiger partial charge in [-0.2, -0.15) is 0 Å². The first-order valence-corrected chi connectivity index (χ1v) is 4.26. The Hall–Kier alpha value is -1.51. The van der Waals surface area contributed by atoms with Crippen LogP contribution < -0.4 is 0 Å². The second-order valence-electron chi connectivity index (χ2n) is 3.16. The lowest BCUT2D eigenvalue weighted by Gasteiger charge is -2.17. The number of hydrogen-bond donors (Lipinski definition) is 0. The van der Waals surface area contributed by atoms with E-state index in [1.54, 1.807) is 6.20 Å². The number of carbonyl (C=O) groups excluding carboxylic acids is 2. The second-order valence-corrected chi connectivity index (χ2v) is 3.16. The smallest absolute Gasteiger partial charge is 0.191 e. The summed E-state index contributed by atoms with van der Waals surface area (Å²) in [6.07, 6.45) is 3.71. The number of rotatable bonds is 1. The van der Waals surface area contributed by atoms with Gasteiger partial charge in [0.1, 0.15) is 12.0 Å². The van der Waals surface area contributed by atoms with Gasteiger partial charge in [0.2, 0.25) is 0 Å². The number of fused-ring (bicyclic) bond motifs is 1. The molecule has 1 aliphatic rings. The normalized spacial score (nSPS) is 20.9. The predicted molar refractivity (Wildman–Crippen MR) is 46.4 cm³/mol. The zero-order chi connectivity index (χ0) is 9.26. The number of aldehydes is 1. The molecule has 0 N–H and O–H groups in total. The minimum absolute atomic E-state index is 0.128. The highest BCUT2D eigenvalue weighted by Crippen LogP contribution is 2.22. The molecule has 3 heteroatoms. The van der Waals surface area contributed by atoms with Crippen LogP contribution in [0.25, 0.3) is 0 Å². The molecule has 13 heavy (non-hydrogen) atoms. The van der Waals surface area contributed by atoms with E-state index in [2.05, 4.69) is 4.98 Å². The quantitative estimate of drug-likeness (QED) is 0.473. The SMILES string of the molecule is O=CC1CCc2cccnc2C1=O. The average Bonchev–Trinajstić information content (AvgIpc) is 2.19. The summed E-state index contributed by atoms with van der Waals surface area (Å²) in [5, 5.41) is 0. The Bertz CT molecular complexity index is 360. The van der Waals surface area contributed by atoms with E-state index in [9.17, 15) is 9.59 Å². The van der Waals surface area contributed by atoms with Crippen molar-refractivity contribution in [3.8, 4) is 0 Å². The first-order chi connectivity index (χ1) is 6.33. The van der Waals surface area contributed by atoms with Crippen LogP contribution in [0, 0.1) is 5.92 Å². The van der Waals surface area contributed by atoms with Crippen molar-refractivity contribution in [2.24, 2.45) is 5.92 Å². The second kappa shape index (κ2) is 3.09. The van der Waals surface area contributed by atoms with Gasteiger partial charge >= 0.3 is 0 Å². The fraction of sp³-hybridized carbons (Fsp3) is 0.300. The number of aryl methyl sites for hydroxylation is 1. The first-order valence-electron chi connectivity index (χ1n) is 4.26. The van der Waals surface area contributed by atoms with Gasteiger partial charge < -0.3 is 4.79 Å². The number of aromatic nitrogens is 1. The fourth-order valence-electron chi connectivity index (χ4n) is 1.61. The van der Waals surface area contributed by atoms with Crippen molar-refractivity contribution in [1.29, 1.82) is 0 Å². The largest absolute Gasteiger partial charge is 0.303 e. The number of ketones is 1. The molecule has 0 saturated carbocycles. The minimum Gasteiger partial charge on any atom is -0.303 e. The highest BCUT2D eigenvalue weighted by molar-refractivity contribution is 6.05. The van der Waals surface area contributed by atoms with Crippen LogP contribution in [0.1, 0.15) is 22.5 Å². The van der Waals surface area contributed by atoms with E-state index in [-0.39, 0.29) is 5.78 Å². The summed E-state index contributed by atoms with van der Waals surface area (Å²) >= 11 is 0. The third-order valence-electron chi connectivity index (χ3n) is 2.35. The summed E-state index contributed by atoms with van der Waals surface area (Å²) in [6.45, 7) is 0. The molecule has 2 rings (SSSR count). The van der Waals surface area contributed by atoms with Gasteiger partial charge in [-0.25, -0.2) is 0 Å². The number of Topliss-reactive ketones (excluding diaryl/α,β-unsaturated/α-hetero) is 1. The maximum Gasteiger partial charge on any atom is 0.191 e. The van der Waals surface area contributed by atoms with Gasteiger partial charge in [0, 0.05) is 6.20 Å². The van der Waals surface area contributed by atoms with Crippen LogP contribution in [0.5, 0.6) is 0 Å². The Morgan fingerprint density at radius 2 is 2.38 bits per heavy atom. The zero-order valence-electron chi connectivity index (χ0n) is 7.06. The molecular formula is C10H9NO2. The van der Waals surface area contributed by atoms with E-state index in [4.69, 9.17) is 0 Å². The van der Waals surface area contributed by atoms with E-state index in [0.717, 1.165) is 18.3 Å². The third-order valence-corrected chi connectivity index (χ3v) is 2.35. The van der Waals surface area contributed by atoms with Gasteiger partial charge in [0.05, 0.1) is 5.92 Å². The van der Waals surface area contributed by atoms with Crippen LogP contribution >= 0.6 is 0 Å². The van der Waals surface area contributed by atoms with Crippen LogP contribution in [0.4, 0.5) is 0 Å². The van der Waals surface area contributed by atoms with Crippen molar-refractivity contribution < 1.29 is 9.59 Å². The van der Waals surface area contributed by atoms with Crippen molar-refractivity contribution in [2.75, 3.05) is 0 Å². The van der Waals surface area contributed by atoms with Crippen molar-refractivity contribution in [3.05, 3.63) is 29.6 Å². The lowest BCUT2D eigenvalue weighted by atomic mass is 9.87. The van der Waals surface area contributed by atoms with Gasteiger partial charge in [-0.3, -0.25) is 9.78 Å². The molecule has 0 spiro atoms. The van der Waals surface area contributed by atoms with Gasteiger partial charge in [0.25, 0.3) is 0 Å². The van der Waals surface area contributed by atoms with Crippen molar-refractivity contribution in [2.45, 2.75) is 12.8 Å². The van der Waals surface area contributed by atoms with Crippen molar-refractivity contribution >= 4 is 12.1 Å². The van der Waals surface area contributed by atoms with E-state index >= 15 is 0 Å². The molecule has 0 bridgehead atoms. The lowest BCUT2D eigenvalue weighted by Crippen LogP contribution is -2.24. The monoisotopic (exact) mass is 175 g/mol. The van der Waals surface area contributed by atoms with E-state index < -0.39 is 5.92 Å². The Morgan fingerprint density at radius 1 is 1.54 bits per heavy atom. The maximum atomic E-state index is 11.6. The maximum absolute atomic E-state index is 11.6. The molecule has 1 atom stereocenters. The van der Waals surface area contributed by atoms with E-state index in [1.165, 1.54) is 0 Å². The Labute approximate surface area is 75.8 Å². The summed E-state index contributed by atoms with van der Waals surface area (Å²) in [7, 11) is 0. The number of pyridine rings is 1. The molecule has 0 aromatic carbocycles. The molecule has 66 valence electrons. The standard InChI is InChI=1S/C10H9NO2/c12-6-8-4-3-7-2-1-5-11-9(7)10(8)13/h1-2,5-6,8H,3-4H2. The molecule has 0 saturated heterocycles. The summed E-state index contributed by atoms with van der Waals surface area (Å²) in [5.74, 6) is -0.598. The zero-order valence-corrected chi connectivity index (χ0v) is 7.06. The highest BCUT2D eigenvalue weighted by atomic mass is 16.1. The number of carbonyl (C=O) groups is 2. The van der Waals surface area contributed by atoms with Gasteiger partial charge in [-0.05, 0) is 24.5 Å². The first kappa shape index (κ1) is 8.10. The minimum atomic E-state index is -0.470. The third kappa shape index (κ3) is 1.26. The van der Waals surface area contributed by atoms with Gasteiger partial charge in [-0.15, -0.1) is 0 Å². The summed E-state index contributed by atoms with van der Waals surface area (Å²) in [5.41, 5.74) is 1.44. The number of hydrogen-bond acceptors (Lipinski definition) is 3. The Morgan fingerprint density at radius 3 is 3.15 bits per heavy atom. The van der Waals surface area contributed by atoms with Crippen LogP contribution in [0.15, 0.2) is 18.3 Å². The summed E-state index contributed by atoms with van der Waals surface area (Å²) in [4.78, 5) is 26.1. The van der Waals surface area contributed by atoms with Crippen molar-refractivity contribution in [1.82, 2.24) is 4.98 Å². The fourth-order valence-corrected chi connectivity index (χ4v) is 1.61.